The summed E-state index contributed by atoms with van der Waals surface area (Å²) in [7, 11) is 1.66. The summed E-state index contributed by atoms with van der Waals surface area (Å²) in [6.45, 7) is 7.05. The van der Waals surface area contributed by atoms with E-state index in [1.807, 2.05) is 13.0 Å². The molecule has 0 aromatic carbocycles. The number of carbonyl (C=O) groups excluding carboxylic acids is 1. The van der Waals surface area contributed by atoms with Crippen LogP contribution in [0.25, 0.3) is 0 Å². The van der Waals surface area contributed by atoms with Gasteiger partial charge in [-0.15, -0.1) is 0 Å². The molecule has 3 aliphatic rings. The zero-order chi connectivity index (χ0) is 20.3. The molecule has 8 heteroatoms. The Morgan fingerprint density at radius 2 is 2.03 bits per heavy atom. The summed E-state index contributed by atoms with van der Waals surface area (Å²) in [5.41, 5.74) is 0.580. The molecule has 29 heavy (non-hydrogen) atoms. The molecule has 3 aliphatic heterocycles. The third-order valence-corrected chi connectivity index (χ3v) is 6.50. The maximum absolute atomic E-state index is 13.1. The second-order valence-corrected chi connectivity index (χ2v) is 8.62. The molecule has 2 atom stereocenters. The molecule has 0 saturated carbocycles. The zero-order valence-corrected chi connectivity index (χ0v) is 17.7. The fraction of sp³-hybridized carbons (Fsp3) is 0.762. The highest BCUT2D eigenvalue weighted by Crippen LogP contribution is 2.39. The number of piperidine rings is 1. The highest BCUT2D eigenvalue weighted by Gasteiger charge is 2.51. The molecule has 3 fully saturated rings. The summed E-state index contributed by atoms with van der Waals surface area (Å²) in [4.78, 5) is 27.2. The molecule has 0 unspecified atom stereocenters. The quantitative estimate of drug-likeness (QED) is 0.670. The van der Waals surface area contributed by atoms with Gasteiger partial charge in [-0.2, -0.15) is 4.98 Å². The number of nitrogens with zero attached hydrogens (tertiary/aromatic N) is 4. The van der Waals surface area contributed by atoms with Gasteiger partial charge in [0.15, 0.2) is 0 Å². The molecular formula is C21H34N6O2. The first-order valence-corrected chi connectivity index (χ1v) is 11.0. The largest absolute Gasteiger partial charge is 0.383 e. The van der Waals surface area contributed by atoms with Crippen molar-refractivity contribution in [2.24, 2.45) is 0 Å². The normalized spacial score (nSPS) is 27.1. The minimum atomic E-state index is -0.399. The van der Waals surface area contributed by atoms with E-state index in [0.29, 0.717) is 13.2 Å². The Bertz CT molecular complexity index is 723. The second-order valence-electron chi connectivity index (χ2n) is 8.62. The number of carbonyl (C=O) groups is 1. The number of aromatic nitrogens is 2. The van der Waals surface area contributed by atoms with Gasteiger partial charge in [-0.3, -0.25) is 9.69 Å². The highest BCUT2D eigenvalue weighted by atomic mass is 16.5. The Balaban J connectivity index is 1.47. The van der Waals surface area contributed by atoms with Crippen molar-refractivity contribution in [2.75, 3.05) is 56.7 Å². The van der Waals surface area contributed by atoms with E-state index in [-0.39, 0.29) is 11.9 Å². The molecule has 1 aromatic rings. The van der Waals surface area contributed by atoms with Crippen molar-refractivity contribution < 1.29 is 9.53 Å². The fourth-order valence-corrected chi connectivity index (χ4v) is 5.10. The average Bonchev–Trinajstić information content (AvgIpc) is 3.36. The number of hydrogen-bond donors (Lipinski definition) is 2. The van der Waals surface area contributed by atoms with Crippen LogP contribution in [0.4, 0.5) is 11.8 Å². The van der Waals surface area contributed by atoms with Gasteiger partial charge in [-0.1, -0.05) is 0 Å². The predicted molar refractivity (Wildman–Crippen MR) is 113 cm³/mol. The van der Waals surface area contributed by atoms with Crippen LogP contribution in [0.5, 0.6) is 0 Å². The van der Waals surface area contributed by atoms with Crippen molar-refractivity contribution in [3.05, 3.63) is 11.8 Å². The van der Waals surface area contributed by atoms with E-state index in [2.05, 4.69) is 25.4 Å². The standard InChI is InChI=1S/C21H34N6O2/c1-16-13-18(25-20(23-16)26-9-5-6-10-26)24-17-14-21(19(28)22-8-12-29-2)7-3-4-11-27(21)15-17/h13,17H,3-12,14-15H2,1-2H3,(H,22,28)(H,23,24,25)/t17-,21-/m0/s1. The van der Waals surface area contributed by atoms with Gasteiger partial charge >= 0.3 is 0 Å². The van der Waals surface area contributed by atoms with Crippen molar-refractivity contribution in [1.29, 1.82) is 0 Å². The number of aryl methyl sites for hydroxylation is 1. The lowest BCUT2D eigenvalue weighted by Crippen LogP contribution is -2.57. The topological polar surface area (TPSA) is 82.6 Å². The highest BCUT2D eigenvalue weighted by molar-refractivity contribution is 5.87. The Kier molecular flexibility index (Phi) is 6.20. The van der Waals surface area contributed by atoms with Crippen LogP contribution in [0.3, 0.4) is 0 Å². The maximum Gasteiger partial charge on any atom is 0.240 e. The smallest absolute Gasteiger partial charge is 0.240 e. The lowest BCUT2D eigenvalue weighted by molar-refractivity contribution is -0.134. The van der Waals surface area contributed by atoms with E-state index in [1.54, 1.807) is 7.11 Å². The van der Waals surface area contributed by atoms with Gasteiger partial charge in [-0.25, -0.2) is 4.98 Å². The molecule has 0 radical (unpaired) electrons. The van der Waals surface area contributed by atoms with Crippen molar-refractivity contribution in [2.45, 2.75) is 57.0 Å². The van der Waals surface area contributed by atoms with Crippen LogP contribution in [-0.2, 0) is 9.53 Å². The summed E-state index contributed by atoms with van der Waals surface area (Å²) in [5.74, 6) is 1.85. The predicted octanol–water partition coefficient (Wildman–Crippen LogP) is 1.56. The van der Waals surface area contributed by atoms with Crippen LogP contribution in [0.15, 0.2) is 6.07 Å². The van der Waals surface area contributed by atoms with Crippen molar-refractivity contribution in [3.8, 4) is 0 Å². The lowest BCUT2D eigenvalue weighted by Gasteiger charge is -2.40. The summed E-state index contributed by atoms with van der Waals surface area (Å²) < 4.78 is 5.09. The molecule has 0 bridgehead atoms. The maximum atomic E-state index is 13.1. The number of fused-ring (bicyclic) bond motifs is 1. The first-order chi connectivity index (χ1) is 14.1. The number of hydrogen-bond acceptors (Lipinski definition) is 7. The third-order valence-electron chi connectivity index (χ3n) is 6.50. The Morgan fingerprint density at radius 3 is 2.83 bits per heavy atom. The molecule has 160 valence electrons. The number of ether oxygens (including phenoxy) is 1. The zero-order valence-electron chi connectivity index (χ0n) is 17.7. The van der Waals surface area contributed by atoms with Crippen LogP contribution in [0.2, 0.25) is 0 Å². The molecule has 0 spiro atoms. The summed E-state index contributed by atoms with van der Waals surface area (Å²) in [6, 6.07) is 2.23. The van der Waals surface area contributed by atoms with E-state index >= 15 is 0 Å². The monoisotopic (exact) mass is 402 g/mol. The van der Waals surface area contributed by atoms with Crippen molar-refractivity contribution in [1.82, 2.24) is 20.2 Å². The Hall–Kier alpha value is -1.93. The Morgan fingerprint density at radius 1 is 1.24 bits per heavy atom. The second kappa shape index (κ2) is 8.83. The van der Waals surface area contributed by atoms with Crippen LogP contribution in [0.1, 0.15) is 44.2 Å². The first-order valence-electron chi connectivity index (χ1n) is 11.0. The van der Waals surface area contributed by atoms with E-state index < -0.39 is 5.54 Å². The van der Waals surface area contributed by atoms with Gasteiger partial charge in [-0.05, 0) is 52.0 Å². The lowest BCUT2D eigenvalue weighted by atomic mass is 9.84. The molecule has 8 nitrogen and oxygen atoms in total. The minimum absolute atomic E-state index is 0.148. The van der Waals surface area contributed by atoms with Gasteiger partial charge in [0.1, 0.15) is 11.4 Å². The number of methoxy groups -OCH3 is 1. The number of amides is 1. The third kappa shape index (κ3) is 4.33. The van der Waals surface area contributed by atoms with Gasteiger partial charge < -0.3 is 20.3 Å². The first kappa shape index (κ1) is 20.3. The van der Waals surface area contributed by atoms with Gasteiger partial charge in [0.05, 0.1) is 6.61 Å². The molecule has 1 amide bonds. The van der Waals surface area contributed by atoms with Crippen LogP contribution in [0, 0.1) is 6.92 Å². The van der Waals surface area contributed by atoms with Crippen molar-refractivity contribution in [3.63, 3.8) is 0 Å². The molecule has 0 aliphatic carbocycles. The number of rotatable bonds is 7. The van der Waals surface area contributed by atoms with Crippen molar-refractivity contribution >= 4 is 17.7 Å². The SMILES string of the molecule is COCCNC(=O)[C@@]12CCCCN1C[C@@H](Nc1cc(C)nc(N3CCCC3)n1)C2. The minimum Gasteiger partial charge on any atom is -0.383 e. The van der Waals surface area contributed by atoms with Gasteiger partial charge in [0.25, 0.3) is 0 Å². The average molecular weight is 403 g/mol. The molecular weight excluding hydrogens is 368 g/mol. The molecule has 4 rings (SSSR count). The Labute approximate surface area is 173 Å². The van der Waals surface area contributed by atoms with Gasteiger partial charge in [0, 0.05) is 51.1 Å². The molecule has 4 heterocycles. The molecule has 3 saturated heterocycles. The van der Waals surface area contributed by atoms with Gasteiger partial charge in [0.2, 0.25) is 11.9 Å². The summed E-state index contributed by atoms with van der Waals surface area (Å²) in [6.07, 6.45) is 6.41. The number of nitrogens with one attached hydrogen (secondary N) is 2. The van der Waals surface area contributed by atoms with Crippen LogP contribution < -0.4 is 15.5 Å². The molecule has 2 N–H and O–H groups in total. The fourth-order valence-electron chi connectivity index (χ4n) is 5.10. The summed E-state index contributed by atoms with van der Waals surface area (Å²) in [5, 5.41) is 6.71. The van der Waals surface area contributed by atoms with Crippen LogP contribution in [-0.4, -0.2) is 78.8 Å². The summed E-state index contributed by atoms with van der Waals surface area (Å²) >= 11 is 0. The number of anilines is 2. The van der Waals surface area contributed by atoms with Crippen LogP contribution >= 0.6 is 0 Å². The van der Waals surface area contributed by atoms with E-state index in [0.717, 1.165) is 69.3 Å². The van der Waals surface area contributed by atoms with E-state index in [4.69, 9.17) is 9.72 Å². The van der Waals surface area contributed by atoms with E-state index in [1.165, 1.54) is 12.8 Å². The van der Waals surface area contributed by atoms with E-state index in [9.17, 15) is 4.79 Å². The molecule has 1 aromatic heterocycles.